The highest BCUT2D eigenvalue weighted by molar-refractivity contribution is 5.73. The molecule has 41 nitrogen and oxygen atoms in total. The molecule has 540 valence electrons. The molecule has 8 heterocycles. The second-order valence-electron chi connectivity index (χ2n) is 23.9. The van der Waals surface area contributed by atoms with E-state index in [0.29, 0.717) is 0 Å². The summed E-state index contributed by atoms with van der Waals surface area (Å²) in [6.07, 6.45) is -75.6. The van der Waals surface area contributed by atoms with Crippen molar-refractivity contribution in [3.8, 4) is 0 Å². The van der Waals surface area contributed by atoms with Crippen molar-refractivity contribution >= 4 is 11.8 Å². The van der Waals surface area contributed by atoms with Gasteiger partial charge in [0, 0.05) is 13.8 Å². The van der Waals surface area contributed by atoms with Gasteiger partial charge in [-0.3, -0.25) is 9.59 Å². The van der Waals surface area contributed by atoms with E-state index < -0.39 is 297 Å². The van der Waals surface area contributed by atoms with Crippen molar-refractivity contribution in [3.05, 3.63) is 0 Å². The fraction of sp³-hybridized carbons (Fsp3) is 0.962. The van der Waals surface area contributed by atoms with E-state index in [1.807, 2.05) is 0 Å². The van der Waals surface area contributed by atoms with Gasteiger partial charge in [0.1, 0.15) is 183 Å². The summed E-state index contributed by atoms with van der Waals surface area (Å²) in [7, 11) is 0. The summed E-state index contributed by atoms with van der Waals surface area (Å²) in [6.45, 7) is -1.65. The average molecular weight is 1370 g/mol. The van der Waals surface area contributed by atoms with Crippen LogP contribution in [0.4, 0.5) is 0 Å². The van der Waals surface area contributed by atoms with Crippen LogP contribution in [0.2, 0.25) is 0 Å². The first-order valence-corrected chi connectivity index (χ1v) is 29.8. The largest absolute Gasteiger partial charge is 0.394 e. The van der Waals surface area contributed by atoms with Crippen molar-refractivity contribution in [2.75, 3.05) is 39.6 Å². The van der Waals surface area contributed by atoms with Crippen molar-refractivity contribution < 1.29 is 193 Å². The molecule has 8 rings (SSSR count). The summed E-state index contributed by atoms with van der Waals surface area (Å²) in [4.78, 5) is 25.4. The molecule has 93 heavy (non-hydrogen) atoms. The van der Waals surface area contributed by atoms with Gasteiger partial charge in [-0.1, -0.05) is 0 Å². The molecule has 0 aliphatic carbocycles. The summed E-state index contributed by atoms with van der Waals surface area (Å²) in [6, 6.07) is -3.63. The number of carbonyl (C=O) groups excluding carboxylic acids is 2. The third-order valence-corrected chi connectivity index (χ3v) is 17.3. The third kappa shape index (κ3) is 16.5. The molecule has 8 fully saturated rings. The number of carbonyl (C=O) groups is 2. The van der Waals surface area contributed by atoms with Crippen LogP contribution < -0.4 is 10.6 Å². The molecule has 0 aromatic carbocycles. The molecular formula is C52H88N2O39. The maximum Gasteiger partial charge on any atom is 0.217 e. The molecule has 0 saturated carbocycles. The van der Waals surface area contributed by atoms with E-state index in [0.717, 1.165) is 13.8 Å². The molecule has 24 N–H and O–H groups in total. The molecular weight excluding hydrogens is 1280 g/mol. The van der Waals surface area contributed by atoms with Crippen molar-refractivity contribution in [1.29, 1.82) is 0 Å². The van der Waals surface area contributed by atoms with Crippen molar-refractivity contribution in [3.63, 3.8) is 0 Å². The minimum atomic E-state index is -2.52. The molecule has 0 radical (unpaired) electrons. The predicted molar refractivity (Wildman–Crippen MR) is 285 cm³/mol. The first-order chi connectivity index (χ1) is 43.9. The lowest BCUT2D eigenvalue weighted by molar-refractivity contribution is -0.410. The standard InChI is InChI=1S/C52H88N2O39/c1-11-23(61)30(68)35(73)47(81-11)79-9-19-41(28(66)21(45(78)83-19)53-13(3)59)89-46-22(54-14(4)60)29(67)40(18(8-58)87-46)90-51-39(77)43(92-50-38(76)33(71)26(64)16(6-56)85-50)42(20(88-51)10-80-48-36(74)32(70)25(63)15(5-55)84-48)91-52-44(34(72)27(65)17(7-57)86-52)93-49-37(75)31(69)24(62)12(2)82-49/h11-12,15-52,55-58,61-78H,5-10H2,1-4H3,(H,53,59)(H,54,60)/t11-,12-,15+,16+,17+,18+,19+,20+,21+,22+,23+,24+,25+,26+,27-,28+,29+,30+,31+,32-,33-,34-,35-,36-,37-,38-,39-,40+,41+,42+,43+,44+,45+,46-,47+,48-,49-,50+,51-,52-/m0/s1. The Balaban J connectivity index is 1.16. The monoisotopic (exact) mass is 1360 g/mol. The summed E-state index contributed by atoms with van der Waals surface area (Å²) in [5.41, 5.74) is 0. The molecule has 40 atom stereocenters. The Labute approximate surface area is 527 Å². The van der Waals surface area contributed by atoms with Crippen LogP contribution in [-0.4, -0.2) is 409 Å². The smallest absolute Gasteiger partial charge is 0.217 e. The zero-order valence-corrected chi connectivity index (χ0v) is 50.1. The molecule has 8 saturated heterocycles. The third-order valence-electron chi connectivity index (χ3n) is 17.3. The Hall–Kier alpha value is -2.54. The van der Waals surface area contributed by atoms with Crippen LogP contribution in [0, 0.1) is 0 Å². The number of nitrogens with one attached hydrogen (secondary N) is 2. The Bertz CT molecular complexity index is 2350. The summed E-state index contributed by atoms with van der Waals surface area (Å²) >= 11 is 0. The van der Waals surface area contributed by atoms with Crippen LogP contribution in [0.5, 0.6) is 0 Å². The van der Waals surface area contributed by atoms with E-state index >= 15 is 0 Å². The number of hydrogen-bond donors (Lipinski definition) is 24. The van der Waals surface area contributed by atoms with E-state index in [4.69, 9.17) is 71.1 Å². The lowest BCUT2D eigenvalue weighted by Crippen LogP contribution is -2.71. The highest BCUT2D eigenvalue weighted by Crippen LogP contribution is 2.39. The van der Waals surface area contributed by atoms with Crippen molar-refractivity contribution in [2.24, 2.45) is 0 Å². The number of aliphatic hydroxyl groups excluding tert-OH is 22. The summed E-state index contributed by atoms with van der Waals surface area (Å²) in [5.74, 6) is -1.74. The van der Waals surface area contributed by atoms with E-state index in [9.17, 15) is 122 Å². The molecule has 41 heteroatoms. The average Bonchev–Trinajstić information content (AvgIpc) is 0.782. The second kappa shape index (κ2) is 32.6. The number of rotatable bonds is 22. The molecule has 8 aliphatic heterocycles. The molecule has 8 aliphatic rings. The number of ether oxygens (including phenoxy) is 15. The molecule has 0 unspecified atom stereocenters. The lowest BCUT2D eigenvalue weighted by atomic mass is 9.93. The number of amides is 2. The maximum atomic E-state index is 13.0. The number of hydrogen-bond acceptors (Lipinski definition) is 39. The zero-order chi connectivity index (χ0) is 68.5. The van der Waals surface area contributed by atoms with E-state index in [1.54, 1.807) is 0 Å². The van der Waals surface area contributed by atoms with Crippen LogP contribution in [0.25, 0.3) is 0 Å². The van der Waals surface area contributed by atoms with Crippen LogP contribution in [0.15, 0.2) is 0 Å². The quantitative estimate of drug-likeness (QED) is 0.0479. The lowest BCUT2D eigenvalue weighted by Gasteiger charge is -2.52. The van der Waals surface area contributed by atoms with Gasteiger partial charge in [0.2, 0.25) is 11.8 Å². The molecule has 0 bridgehead atoms. The highest BCUT2D eigenvalue weighted by Gasteiger charge is 2.60. The van der Waals surface area contributed by atoms with Gasteiger partial charge < -0.3 is 194 Å². The predicted octanol–water partition coefficient (Wildman–Crippen LogP) is -16.1. The second-order valence-corrected chi connectivity index (χ2v) is 23.9. The Morgan fingerprint density at radius 1 is 0.301 bits per heavy atom. The fourth-order valence-electron chi connectivity index (χ4n) is 12.0. The van der Waals surface area contributed by atoms with Crippen LogP contribution in [0.1, 0.15) is 27.7 Å². The van der Waals surface area contributed by atoms with Crippen molar-refractivity contribution in [1.82, 2.24) is 10.6 Å². The molecule has 0 aromatic heterocycles. The van der Waals surface area contributed by atoms with Crippen molar-refractivity contribution in [2.45, 2.75) is 273 Å². The molecule has 0 spiro atoms. The van der Waals surface area contributed by atoms with Gasteiger partial charge in [-0.05, 0) is 13.8 Å². The van der Waals surface area contributed by atoms with Gasteiger partial charge in [-0.25, -0.2) is 0 Å². The Morgan fingerprint density at radius 3 is 1.15 bits per heavy atom. The highest BCUT2D eigenvalue weighted by atomic mass is 16.8. The van der Waals surface area contributed by atoms with Crippen LogP contribution in [-0.2, 0) is 80.6 Å². The Morgan fingerprint density at radius 2 is 0.634 bits per heavy atom. The summed E-state index contributed by atoms with van der Waals surface area (Å²) in [5, 5.41) is 246. The van der Waals surface area contributed by atoms with Gasteiger partial charge in [-0.15, -0.1) is 0 Å². The normalized spacial score (nSPS) is 51.6. The van der Waals surface area contributed by atoms with Crippen LogP contribution in [0.3, 0.4) is 0 Å². The summed E-state index contributed by atoms with van der Waals surface area (Å²) < 4.78 is 88.6. The molecule has 0 aromatic rings. The maximum absolute atomic E-state index is 13.0. The van der Waals surface area contributed by atoms with E-state index in [2.05, 4.69) is 10.6 Å². The zero-order valence-electron chi connectivity index (χ0n) is 50.1. The van der Waals surface area contributed by atoms with E-state index in [1.165, 1.54) is 13.8 Å². The van der Waals surface area contributed by atoms with Gasteiger partial charge in [0.25, 0.3) is 0 Å². The van der Waals surface area contributed by atoms with E-state index in [-0.39, 0.29) is 0 Å². The first kappa shape index (κ1) is 76.2. The topological polar surface area (TPSA) is 642 Å². The number of aliphatic hydroxyl groups is 22. The fourth-order valence-corrected chi connectivity index (χ4v) is 12.0. The van der Waals surface area contributed by atoms with Gasteiger partial charge in [0.05, 0.1) is 51.8 Å². The van der Waals surface area contributed by atoms with Gasteiger partial charge in [-0.2, -0.15) is 0 Å². The first-order valence-electron chi connectivity index (χ1n) is 29.8. The van der Waals surface area contributed by atoms with Gasteiger partial charge >= 0.3 is 0 Å². The minimum absolute atomic E-state index is 0.801. The molecule has 2 amide bonds. The van der Waals surface area contributed by atoms with Crippen LogP contribution >= 0.6 is 0 Å². The van der Waals surface area contributed by atoms with Gasteiger partial charge in [0.15, 0.2) is 50.3 Å². The Kier molecular flexibility index (Phi) is 26.7. The SMILES string of the molecule is CC(=O)N[C@@H]1[C@@H](O)[C@H](O[C@@H]2O[C@H](CO)[C@@H](O[C@@H]3O[C@H](CO[C@H]4O[C@H](CO)[C@@H](O)[C@H](O)[C@@H]4O)[C@@H](O[C@@H]4O[C@H](CO)[C@H](O)[C@H](O)[C@H]4O[C@@H]4O[C@@H](C)[C@@H](O)[C@@H](O)[C@@H]4O)[C@H](O[C@H]4O[C@H](CO)[C@@H](O)[C@H](O)[C@@H]4O)[C@@H]3O)[C@H](O)[C@H]2NC(C)=O)[C@@H](CO[C@@H]2O[C@@H](C)[C@@H](O)[C@@H](O)[C@@H]2O)O[C@H]1O. The minimum Gasteiger partial charge on any atom is -0.394 e.